The Morgan fingerprint density at radius 2 is 1.93 bits per heavy atom. The average Bonchev–Trinajstić information content (AvgIpc) is 2.97. The largest absolute Gasteiger partial charge is 0.486 e. The molecule has 3 aliphatic heterocycles. The van der Waals surface area contributed by atoms with Gasteiger partial charge in [-0.3, -0.25) is 0 Å². The maximum absolute atomic E-state index is 14.2. The number of hydrogen-bond acceptors (Lipinski definition) is 9. The van der Waals surface area contributed by atoms with Crippen LogP contribution in [0.5, 0.6) is 5.75 Å². The fraction of sp³-hybridized carbons (Fsp3) is 0.467. The lowest BCUT2D eigenvalue weighted by molar-refractivity contribution is -0.0487. The number of anilines is 2. The van der Waals surface area contributed by atoms with E-state index in [9.17, 15) is 9.65 Å². The van der Waals surface area contributed by atoms with Crippen LogP contribution in [0.15, 0.2) is 48.8 Å². The fourth-order valence-corrected chi connectivity index (χ4v) is 5.62. The van der Waals surface area contributed by atoms with Crippen molar-refractivity contribution in [3.63, 3.8) is 0 Å². The highest BCUT2D eigenvalue weighted by atomic mass is 19.1. The average molecular weight is 544 g/mol. The van der Waals surface area contributed by atoms with E-state index in [-0.39, 0.29) is 6.54 Å². The molecule has 3 saturated heterocycles. The summed E-state index contributed by atoms with van der Waals surface area (Å²) in [5.41, 5.74) is 3.23. The Bertz CT molecular complexity index is 1340. The van der Waals surface area contributed by atoms with Crippen LogP contribution in [0.25, 0.3) is 11.4 Å². The first-order chi connectivity index (χ1) is 19.6. The van der Waals surface area contributed by atoms with Crippen molar-refractivity contribution in [1.29, 1.82) is 5.26 Å². The second-order valence-electron chi connectivity index (χ2n) is 10.8. The molecule has 208 valence electrons. The van der Waals surface area contributed by atoms with Crippen molar-refractivity contribution < 1.29 is 13.9 Å². The molecule has 0 radical (unpaired) electrons. The molecular weight excluding hydrogens is 509 g/mol. The minimum Gasteiger partial charge on any atom is -0.486 e. The van der Waals surface area contributed by atoms with Crippen LogP contribution in [0.1, 0.15) is 36.3 Å². The summed E-state index contributed by atoms with van der Waals surface area (Å²) in [6.45, 7) is 6.22. The molecule has 0 unspecified atom stereocenters. The molecule has 0 saturated carbocycles. The van der Waals surface area contributed by atoms with Gasteiger partial charge in [0.15, 0.2) is 5.82 Å². The molecule has 0 spiro atoms. The van der Waals surface area contributed by atoms with Crippen molar-refractivity contribution in [1.82, 2.24) is 25.2 Å². The topological polar surface area (TPSA) is 108 Å². The van der Waals surface area contributed by atoms with Crippen molar-refractivity contribution >= 4 is 11.6 Å². The number of ether oxygens (including phenoxy) is 2. The summed E-state index contributed by atoms with van der Waals surface area (Å²) in [4.78, 5) is 15.7. The number of piperidine rings is 2. The van der Waals surface area contributed by atoms with E-state index < -0.39 is 12.3 Å². The lowest BCUT2D eigenvalue weighted by Gasteiger charge is -2.37. The van der Waals surface area contributed by atoms with Crippen LogP contribution in [0.4, 0.5) is 16.0 Å². The Balaban J connectivity index is 1.08. The maximum atomic E-state index is 14.2. The van der Waals surface area contributed by atoms with Gasteiger partial charge in [0.2, 0.25) is 5.95 Å². The zero-order valence-electron chi connectivity index (χ0n) is 22.4. The number of benzene rings is 2. The van der Waals surface area contributed by atoms with Gasteiger partial charge in [0.1, 0.15) is 30.4 Å². The summed E-state index contributed by atoms with van der Waals surface area (Å²) >= 11 is 0. The second-order valence-corrected chi connectivity index (χ2v) is 10.8. The Kier molecular flexibility index (Phi) is 8.14. The van der Waals surface area contributed by atoms with Crippen LogP contribution in [0.2, 0.25) is 0 Å². The highest BCUT2D eigenvalue weighted by molar-refractivity contribution is 5.63. The van der Waals surface area contributed by atoms with Gasteiger partial charge in [0, 0.05) is 30.3 Å². The van der Waals surface area contributed by atoms with Gasteiger partial charge in [-0.05, 0) is 80.7 Å². The smallest absolute Gasteiger partial charge is 0.230 e. The molecule has 10 heteroatoms. The highest BCUT2D eigenvalue weighted by Crippen LogP contribution is 2.31. The van der Waals surface area contributed by atoms with Gasteiger partial charge in [0.25, 0.3) is 0 Å². The van der Waals surface area contributed by atoms with E-state index in [0.29, 0.717) is 53.5 Å². The number of nitrogens with zero attached hydrogens (tertiary/aromatic N) is 5. The normalized spacial score (nSPS) is 22.3. The van der Waals surface area contributed by atoms with Gasteiger partial charge in [-0.2, -0.15) is 10.2 Å². The number of alkyl halides is 1. The standard InChI is InChI=1S/C30H34FN7O2/c31-26-15-33-10-7-28(26)40-27-6-3-23(13-24(27)14-32)29-34-19-35-30(37-29)36-25-4-1-21(2-5-25)22-8-11-38(12-9-22)16-20-17-39-18-20/h1-6,13,19-20,22,26,28,33H,7-12,15-18H2,(H,34,35,36,37)/t26-,28-/m0/s1. The van der Waals surface area contributed by atoms with E-state index >= 15 is 0 Å². The third-order valence-electron chi connectivity index (χ3n) is 8.01. The quantitative estimate of drug-likeness (QED) is 0.435. The lowest BCUT2D eigenvalue weighted by Crippen LogP contribution is -2.44. The molecule has 2 aromatic carbocycles. The van der Waals surface area contributed by atoms with Crippen LogP contribution >= 0.6 is 0 Å². The molecule has 0 bridgehead atoms. The first kappa shape index (κ1) is 26.6. The van der Waals surface area contributed by atoms with E-state index in [1.807, 2.05) is 0 Å². The van der Waals surface area contributed by atoms with Gasteiger partial charge in [-0.25, -0.2) is 14.4 Å². The predicted octanol–water partition coefficient (Wildman–Crippen LogP) is 4.06. The molecule has 9 nitrogen and oxygen atoms in total. The third-order valence-corrected chi connectivity index (χ3v) is 8.01. The molecule has 4 heterocycles. The van der Waals surface area contributed by atoms with E-state index in [4.69, 9.17) is 9.47 Å². The number of nitriles is 1. The molecule has 0 aliphatic carbocycles. The number of nitrogens with one attached hydrogen (secondary N) is 2. The van der Waals surface area contributed by atoms with E-state index in [0.717, 1.165) is 38.5 Å². The summed E-state index contributed by atoms with van der Waals surface area (Å²) in [5, 5.41) is 16.0. The molecule has 2 N–H and O–H groups in total. The molecule has 3 aliphatic rings. The van der Waals surface area contributed by atoms with Crippen LogP contribution in [0.3, 0.4) is 0 Å². The van der Waals surface area contributed by atoms with Gasteiger partial charge in [-0.1, -0.05) is 12.1 Å². The zero-order valence-corrected chi connectivity index (χ0v) is 22.4. The minimum atomic E-state index is -1.11. The summed E-state index contributed by atoms with van der Waals surface area (Å²) < 4.78 is 25.4. The Morgan fingerprint density at radius 3 is 2.65 bits per heavy atom. The van der Waals surface area contributed by atoms with Gasteiger partial charge >= 0.3 is 0 Å². The van der Waals surface area contributed by atoms with Gasteiger partial charge in [-0.15, -0.1) is 0 Å². The number of rotatable bonds is 8. The molecule has 2 atom stereocenters. The Hall–Kier alpha value is -3.65. The Labute approximate surface area is 233 Å². The summed E-state index contributed by atoms with van der Waals surface area (Å²) in [7, 11) is 0. The number of hydrogen-bond donors (Lipinski definition) is 2. The summed E-state index contributed by atoms with van der Waals surface area (Å²) in [6, 6.07) is 15.8. The van der Waals surface area contributed by atoms with Crippen LogP contribution in [0, 0.1) is 17.2 Å². The summed E-state index contributed by atoms with van der Waals surface area (Å²) in [5.74, 6) is 2.52. The molecular formula is C30H34FN7O2. The van der Waals surface area contributed by atoms with Crippen molar-refractivity contribution in [3.05, 3.63) is 59.9 Å². The van der Waals surface area contributed by atoms with Crippen molar-refractivity contribution in [2.45, 2.75) is 37.5 Å². The van der Waals surface area contributed by atoms with E-state index in [1.165, 1.54) is 24.7 Å². The molecule has 1 aromatic heterocycles. The molecule has 3 aromatic rings. The second kappa shape index (κ2) is 12.3. The number of likely N-dealkylation sites (tertiary alicyclic amines) is 1. The monoisotopic (exact) mass is 543 g/mol. The van der Waals surface area contributed by atoms with Crippen molar-refractivity contribution in [2.24, 2.45) is 5.92 Å². The SMILES string of the molecule is N#Cc1cc(-c2ncnc(Nc3ccc(C4CCN(CC5COC5)CC4)cc3)n2)ccc1O[C@H]1CCNC[C@@H]1F. The number of halogens is 1. The Morgan fingerprint density at radius 1 is 1.10 bits per heavy atom. The third kappa shape index (κ3) is 6.22. The first-order valence-corrected chi connectivity index (χ1v) is 14.1. The first-order valence-electron chi connectivity index (χ1n) is 14.1. The minimum absolute atomic E-state index is 0.254. The molecule has 6 rings (SSSR count). The lowest BCUT2D eigenvalue weighted by atomic mass is 9.89. The number of aromatic nitrogens is 3. The van der Waals surface area contributed by atoms with Crippen molar-refractivity contribution in [2.75, 3.05) is 51.3 Å². The van der Waals surface area contributed by atoms with Gasteiger partial charge < -0.3 is 25.0 Å². The van der Waals surface area contributed by atoms with Crippen molar-refractivity contribution in [3.8, 4) is 23.2 Å². The predicted molar refractivity (Wildman–Crippen MR) is 149 cm³/mol. The summed E-state index contributed by atoms with van der Waals surface area (Å²) in [6.07, 6.45) is 2.67. The van der Waals surface area contributed by atoms with Crippen LogP contribution in [-0.2, 0) is 4.74 Å². The van der Waals surface area contributed by atoms with Crippen LogP contribution in [-0.4, -0.2) is 78.1 Å². The zero-order chi connectivity index (χ0) is 27.3. The fourth-order valence-electron chi connectivity index (χ4n) is 5.62. The van der Waals surface area contributed by atoms with E-state index in [1.54, 1.807) is 18.2 Å². The highest BCUT2D eigenvalue weighted by Gasteiger charge is 2.28. The van der Waals surface area contributed by atoms with Gasteiger partial charge in [0.05, 0.1) is 18.8 Å². The molecule has 3 fully saturated rings. The maximum Gasteiger partial charge on any atom is 0.230 e. The molecule has 40 heavy (non-hydrogen) atoms. The van der Waals surface area contributed by atoms with Crippen LogP contribution < -0.4 is 15.4 Å². The van der Waals surface area contributed by atoms with E-state index in [2.05, 4.69) is 60.8 Å². The molecule has 0 amide bonds.